The predicted molar refractivity (Wildman–Crippen MR) is 126 cm³/mol. The lowest BCUT2D eigenvalue weighted by Gasteiger charge is -2.05. The Labute approximate surface area is 188 Å². The van der Waals surface area contributed by atoms with Gasteiger partial charge in [-0.2, -0.15) is 5.10 Å². The molecule has 0 radical (unpaired) electrons. The van der Waals surface area contributed by atoms with E-state index >= 15 is 0 Å². The first-order chi connectivity index (χ1) is 16.0. The average Bonchev–Trinajstić information content (AvgIpc) is 3.49. The lowest BCUT2D eigenvalue weighted by molar-refractivity contribution is 0.627. The zero-order valence-electron chi connectivity index (χ0n) is 18.3. The van der Waals surface area contributed by atoms with Gasteiger partial charge in [-0.1, -0.05) is 6.07 Å². The minimum absolute atomic E-state index is 0.266. The Morgan fingerprint density at radius 3 is 2.64 bits per heavy atom. The fourth-order valence-corrected chi connectivity index (χ4v) is 4.27. The molecular formula is C25H20FN7. The molecule has 0 saturated carbocycles. The third-order valence-corrected chi connectivity index (χ3v) is 6.04. The van der Waals surface area contributed by atoms with E-state index in [-0.39, 0.29) is 5.82 Å². The molecular weight excluding hydrogens is 417 g/mol. The number of halogens is 1. The SMILES string of the molecule is Cc1cc(F)cc(-c2cncc3[nH]c(-c4n[nH]c5ccc(-c6cnc(C)n6C)nc45)cc23)c1. The van der Waals surface area contributed by atoms with Crippen molar-refractivity contribution in [1.82, 2.24) is 34.7 Å². The molecule has 1 aromatic carbocycles. The molecule has 0 atom stereocenters. The van der Waals surface area contributed by atoms with Crippen molar-refractivity contribution in [2.24, 2.45) is 7.05 Å². The van der Waals surface area contributed by atoms with Crippen LogP contribution >= 0.6 is 0 Å². The van der Waals surface area contributed by atoms with E-state index in [1.54, 1.807) is 12.4 Å². The van der Waals surface area contributed by atoms with Gasteiger partial charge < -0.3 is 9.55 Å². The molecule has 0 aliphatic heterocycles. The normalized spacial score (nSPS) is 11.6. The van der Waals surface area contributed by atoms with Gasteiger partial charge in [0.15, 0.2) is 0 Å². The number of nitrogens with one attached hydrogen (secondary N) is 2. The van der Waals surface area contributed by atoms with E-state index in [9.17, 15) is 4.39 Å². The molecule has 0 unspecified atom stereocenters. The number of benzene rings is 1. The van der Waals surface area contributed by atoms with Gasteiger partial charge in [-0.15, -0.1) is 0 Å². The maximum atomic E-state index is 14.1. The van der Waals surface area contributed by atoms with Gasteiger partial charge in [0.2, 0.25) is 0 Å². The molecule has 0 amide bonds. The molecule has 0 spiro atoms. The van der Waals surface area contributed by atoms with Crippen LogP contribution in [0.3, 0.4) is 0 Å². The number of aryl methyl sites for hydroxylation is 2. The minimum Gasteiger partial charge on any atom is -0.352 e. The van der Waals surface area contributed by atoms with Crippen molar-refractivity contribution in [2.45, 2.75) is 13.8 Å². The number of aromatic amines is 2. The molecule has 33 heavy (non-hydrogen) atoms. The van der Waals surface area contributed by atoms with E-state index in [1.165, 1.54) is 12.1 Å². The summed E-state index contributed by atoms with van der Waals surface area (Å²) < 4.78 is 16.1. The highest BCUT2D eigenvalue weighted by molar-refractivity contribution is 6.00. The molecule has 2 N–H and O–H groups in total. The van der Waals surface area contributed by atoms with E-state index in [0.29, 0.717) is 5.69 Å². The van der Waals surface area contributed by atoms with Crippen LogP contribution in [0.4, 0.5) is 4.39 Å². The second-order valence-corrected chi connectivity index (χ2v) is 8.26. The van der Waals surface area contributed by atoms with Crippen molar-refractivity contribution in [2.75, 3.05) is 0 Å². The van der Waals surface area contributed by atoms with Crippen LogP contribution in [-0.2, 0) is 7.05 Å². The second kappa shape index (κ2) is 7.09. The Morgan fingerprint density at radius 2 is 1.85 bits per heavy atom. The molecule has 0 bridgehead atoms. The summed E-state index contributed by atoms with van der Waals surface area (Å²) in [6.07, 6.45) is 5.35. The lowest BCUT2D eigenvalue weighted by Crippen LogP contribution is -1.96. The number of imidazole rings is 1. The number of H-pyrrole nitrogens is 2. The highest BCUT2D eigenvalue weighted by atomic mass is 19.1. The van der Waals surface area contributed by atoms with Crippen LogP contribution in [0.2, 0.25) is 0 Å². The van der Waals surface area contributed by atoms with Gasteiger partial charge in [-0.05, 0) is 55.3 Å². The third kappa shape index (κ3) is 3.10. The summed E-state index contributed by atoms with van der Waals surface area (Å²) in [4.78, 5) is 17.0. The molecule has 8 heteroatoms. The average molecular weight is 437 g/mol. The van der Waals surface area contributed by atoms with Gasteiger partial charge >= 0.3 is 0 Å². The number of rotatable bonds is 3. The number of hydrogen-bond donors (Lipinski definition) is 2. The van der Waals surface area contributed by atoms with E-state index in [4.69, 9.17) is 4.98 Å². The third-order valence-electron chi connectivity index (χ3n) is 6.04. The number of hydrogen-bond acceptors (Lipinski definition) is 4. The maximum Gasteiger partial charge on any atom is 0.135 e. The summed E-state index contributed by atoms with van der Waals surface area (Å²) in [6, 6.07) is 11.0. The summed E-state index contributed by atoms with van der Waals surface area (Å²) in [6.45, 7) is 3.84. The number of nitrogens with zero attached hydrogens (tertiary/aromatic N) is 5. The Bertz CT molecular complexity index is 1650. The molecule has 162 valence electrons. The number of fused-ring (bicyclic) bond motifs is 2. The van der Waals surface area contributed by atoms with Crippen molar-refractivity contribution in [3.63, 3.8) is 0 Å². The number of pyridine rings is 2. The van der Waals surface area contributed by atoms with Crippen molar-refractivity contribution in [1.29, 1.82) is 0 Å². The first-order valence-corrected chi connectivity index (χ1v) is 10.6. The van der Waals surface area contributed by atoms with Crippen molar-refractivity contribution >= 4 is 21.9 Å². The van der Waals surface area contributed by atoms with Gasteiger partial charge in [-0.3, -0.25) is 10.1 Å². The fourth-order valence-electron chi connectivity index (χ4n) is 4.27. The van der Waals surface area contributed by atoms with E-state index in [0.717, 1.165) is 61.5 Å². The summed E-state index contributed by atoms with van der Waals surface area (Å²) in [5.41, 5.74) is 8.23. The molecule has 0 saturated heterocycles. The van der Waals surface area contributed by atoms with Crippen LogP contribution < -0.4 is 0 Å². The van der Waals surface area contributed by atoms with Crippen molar-refractivity contribution in [3.8, 4) is 33.9 Å². The van der Waals surface area contributed by atoms with Crippen molar-refractivity contribution in [3.05, 3.63) is 72.2 Å². The first-order valence-electron chi connectivity index (χ1n) is 10.6. The summed E-state index contributed by atoms with van der Waals surface area (Å²) in [7, 11) is 1.97. The molecule has 7 nitrogen and oxygen atoms in total. The van der Waals surface area contributed by atoms with E-state index < -0.39 is 0 Å². The van der Waals surface area contributed by atoms with Gasteiger partial charge in [0.05, 0.1) is 40.5 Å². The largest absolute Gasteiger partial charge is 0.352 e. The minimum atomic E-state index is -0.266. The Hall–Kier alpha value is -4.33. The van der Waals surface area contributed by atoms with Gasteiger partial charge in [0, 0.05) is 24.2 Å². The summed E-state index contributed by atoms with van der Waals surface area (Å²) >= 11 is 0. The number of aromatic nitrogens is 7. The van der Waals surface area contributed by atoms with Crippen LogP contribution in [-0.4, -0.2) is 34.7 Å². The van der Waals surface area contributed by atoms with Crippen LogP contribution in [0.1, 0.15) is 11.4 Å². The Kier molecular flexibility index (Phi) is 4.16. The second-order valence-electron chi connectivity index (χ2n) is 8.26. The molecule has 0 fully saturated rings. The zero-order valence-corrected chi connectivity index (χ0v) is 18.3. The predicted octanol–water partition coefficient (Wildman–Crippen LogP) is 5.32. The molecule has 5 aromatic heterocycles. The van der Waals surface area contributed by atoms with Crippen LogP contribution in [0.25, 0.3) is 55.8 Å². The first kappa shape index (κ1) is 19.4. The van der Waals surface area contributed by atoms with Gasteiger partial charge in [0.25, 0.3) is 0 Å². The standard InChI is InChI=1S/C25H20FN7/c1-13-6-15(8-16(26)7-13)18-10-27-11-22-17(18)9-21(29-22)25-24-20(31-32-25)5-4-19(30-24)23-12-28-14(2)33(23)3/h4-12,29H,1-3H3,(H,31,32). The van der Waals surface area contributed by atoms with E-state index in [1.807, 2.05) is 55.9 Å². The van der Waals surface area contributed by atoms with E-state index in [2.05, 4.69) is 25.1 Å². The van der Waals surface area contributed by atoms with Crippen LogP contribution in [0.5, 0.6) is 0 Å². The molecule has 0 aliphatic rings. The molecule has 6 aromatic rings. The lowest BCUT2D eigenvalue weighted by atomic mass is 10.0. The van der Waals surface area contributed by atoms with Crippen molar-refractivity contribution < 1.29 is 4.39 Å². The molecule has 0 aliphatic carbocycles. The molecule has 6 rings (SSSR count). The zero-order chi connectivity index (χ0) is 22.7. The Balaban J connectivity index is 1.52. The van der Waals surface area contributed by atoms with Gasteiger partial charge in [-0.25, -0.2) is 14.4 Å². The highest BCUT2D eigenvalue weighted by Crippen LogP contribution is 2.34. The summed E-state index contributed by atoms with van der Waals surface area (Å²) in [5.74, 6) is 0.653. The van der Waals surface area contributed by atoms with Gasteiger partial charge in [0.1, 0.15) is 22.9 Å². The smallest absolute Gasteiger partial charge is 0.135 e. The van der Waals surface area contributed by atoms with Crippen LogP contribution in [0.15, 0.2) is 55.0 Å². The molecule has 5 heterocycles. The monoisotopic (exact) mass is 437 g/mol. The topological polar surface area (TPSA) is 88.1 Å². The maximum absolute atomic E-state index is 14.1. The highest BCUT2D eigenvalue weighted by Gasteiger charge is 2.17. The Morgan fingerprint density at radius 1 is 0.970 bits per heavy atom. The summed E-state index contributed by atoms with van der Waals surface area (Å²) in [5, 5.41) is 8.55. The van der Waals surface area contributed by atoms with Crippen LogP contribution in [0, 0.1) is 19.7 Å². The quantitative estimate of drug-likeness (QED) is 0.392. The fraction of sp³-hybridized carbons (Fsp3) is 0.120.